The van der Waals surface area contributed by atoms with E-state index in [1.807, 2.05) is 6.20 Å². The van der Waals surface area contributed by atoms with Crippen molar-refractivity contribution in [1.29, 1.82) is 0 Å². The molecule has 1 aromatic rings. The summed E-state index contributed by atoms with van der Waals surface area (Å²) in [6.07, 6.45) is 6.87. The van der Waals surface area contributed by atoms with Crippen LogP contribution in [0.5, 0.6) is 0 Å². The molecular formula is C11H18N2. The van der Waals surface area contributed by atoms with E-state index < -0.39 is 0 Å². The third-order valence-corrected chi connectivity index (χ3v) is 2.81. The maximum Gasteiger partial charge on any atom is 0.0248 e. The van der Waals surface area contributed by atoms with Gasteiger partial charge in [-0.3, -0.25) is 4.90 Å². The fourth-order valence-electron chi connectivity index (χ4n) is 2.15. The molecule has 13 heavy (non-hydrogen) atoms. The van der Waals surface area contributed by atoms with Crippen molar-refractivity contribution >= 4 is 0 Å². The molecule has 0 bridgehead atoms. The fourth-order valence-corrected chi connectivity index (χ4v) is 2.15. The van der Waals surface area contributed by atoms with Gasteiger partial charge < -0.3 is 4.98 Å². The lowest BCUT2D eigenvalue weighted by atomic mass is 10.00. The zero-order chi connectivity index (χ0) is 9.10. The van der Waals surface area contributed by atoms with Crippen LogP contribution in [0.15, 0.2) is 18.5 Å². The highest BCUT2D eigenvalue weighted by Crippen LogP contribution is 2.17. The summed E-state index contributed by atoms with van der Waals surface area (Å²) in [7, 11) is 0. The van der Waals surface area contributed by atoms with E-state index in [2.05, 4.69) is 29.1 Å². The highest BCUT2D eigenvalue weighted by molar-refractivity contribution is 5.08. The Labute approximate surface area is 79.9 Å². The lowest BCUT2D eigenvalue weighted by Crippen LogP contribution is -2.33. The molecule has 2 nitrogen and oxygen atoms in total. The molecule has 1 aliphatic heterocycles. The summed E-state index contributed by atoms with van der Waals surface area (Å²) >= 11 is 0. The first kappa shape index (κ1) is 8.82. The van der Waals surface area contributed by atoms with Gasteiger partial charge in [0.2, 0.25) is 0 Å². The molecule has 2 heterocycles. The Morgan fingerprint density at radius 3 is 3.23 bits per heavy atom. The van der Waals surface area contributed by atoms with Gasteiger partial charge in [-0.2, -0.15) is 0 Å². The van der Waals surface area contributed by atoms with Crippen LogP contribution >= 0.6 is 0 Å². The van der Waals surface area contributed by atoms with Crippen LogP contribution < -0.4 is 0 Å². The minimum Gasteiger partial charge on any atom is -0.367 e. The lowest BCUT2D eigenvalue weighted by molar-refractivity contribution is 0.176. The third kappa shape index (κ3) is 2.34. The molecule has 1 unspecified atom stereocenters. The number of hydrogen-bond donors (Lipinski definition) is 1. The average molecular weight is 178 g/mol. The van der Waals surface area contributed by atoms with Gasteiger partial charge in [0.25, 0.3) is 0 Å². The summed E-state index contributed by atoms with van der Waals surface area (Å²) in [5, 5.41) is 0. The van der Waals surface area contributed by atoms with Crippen molar-refractivity contribution in [3.05, 3.63) is 24.0 Å². The molecule has 1 aromatic heterocycles. The van der Waals surface area contributed by atoms with Crippen molar-refractivity contribution in [3.8, 4) is 0 Å². The Bertz CT molecular complexity index is 241. The van der Waals surface area contributed by atoms with Gasteiger partial charge in [-0.25, -0.2) is 0 Å². The Morgan fingerprint density at radius 2 is 2.54 bits per heavy atom. The molecule has 2 rings (SSSR count). The number of piperidine rings is 1. The van der Waals surface area contributed by atoms with Gasteiger partial charge in [0.05, 0.1) is 0 Å². The van der Waals surface area contributed by atoms with Crippen LogP contribution in [0.4, 0.5) is 0 Å². The fraction of sp³-hybridized carbons (Fsp3) is 0.636. The van der Waals surface area contributed by atoms with E-state index >= 15 is 0 Å². The van der Waals surface area contributed by atoms with Gasteiger partial charge in [-0.1, -0.05) is 6.92 Å². The maximum atomic E-state index is 3.10. The van der Waals surface area contributed by atoms with Crippen LogP contribution in [-0.4, -0.2) is 23.0 Å². The largest absolute Gasteiger partial charge is 0.367 e. The Hall–Kier alpha value is -0.760. The predicted molar refractivity (Wildman–Crippen MR) is 54.5 cm³/mol. The molecule has 1 aliphatic rings. The zero-order valence-corrected chi connectivity index (χ0v) is 8.29. The van der Waals surface area contributed by atoms with Crippen LogP contribution in [0, 0.1) is 5.92 Å². The van der Waals surface area contributed by atoms with Crippen LogP contribution in [0.25, 0.3) is 0 Å². The normalized spacial score (nSPS) is 24.8. The number of rotatable bonds is 2. The molecule has 0 spiro atoms. The molecule has 0 aliphatic carbocycles. The summed E-state index contributed by atoms with van der Waals surface area (Å²) in [4.78, 5) is 5.66. The summed E-state index contributed by atoms with van der Waals surface area (Å²) in [5.41, 5.74) is 1.41. The summed E-state index contributed by atoms with van der Waals surface area (Å²) in [5.74, 6) is 0.882. The van der Waals surface area contributed by atoms with Crippen molar-refractivity contribution < 1.29 is 0 Å². The second-order valence-electron chi connectivity index (χ2n) is 4.20. The number of aromatic nitrogens is 1. The van der Waals surface area contributed by atoms with Gasteiger partial charge in [-0.05, 0) is 36.9 Å². The van der Waals surface area contributed by atoms with Crippen LogP contribution in [0.3, 0.4) is 0 Å². The Kier molecular flexibility index (Phi) is 2.69. The van der Waals surface area contributed by atoms with Gasteiger partial charge >= 0.3 is 0 Å². The quantitative estimate of drug-likeness (QED) is 0.736. The van der Waals surface area contributed by atoms with E-state index in [0.717, 1.165) is 12.5 Å². The highest BCUT2D eigenvalue weighted by Gasteiger charge is 2.15. The second kappa shape index (κ2) is 3.97. The predicted octanol–water partition coefficient (Wildman–Crippen LogP) is 2.25. The number of likely N-dealkylation sites (tertiary alicyclic amines) is 1. The minimum absolute atomic E-state index is 0.882. The first-order valence-corrected chi connectivity index (χ1v) is 5.18. The van der Waals surface area contributed by atoms with E-state index in [-0.39, 0.29) is 0 Å². The first-order valence-electron chi connectivity index (χ1n) is 5.18. The SMILES string of the molecule is CC1CCCN(Cc2cc[nH]c2)C1. The Balaban J connectivity index is 1.87. The lowest BCUT2D eigenvalue weighted by Gasteiger charge is -2.30. The molecule has 72 valence electrons. The zero-order valence-electron chi connectivity index (χ0n) is 8.29. The number of H-pyrrole nitrogens is 1. The van der Waals surface area contributed by atoms with Gasteiger partial charge in [0.15, 0.2) is 0 Å². The average Bonchev–Trinajstić information content (AvgIpc) is 2.57. The van der Waals surface area contributed by atoms with E-state index in [4.69, 9.17) is 0 Å². The van der Waals surface area contributed by atoms with Crippen molar-refractivity contribution in [3.63, 3.8) is 0 Å². The number of nitrogens with one attached hydrogen (secondary N) is 1. The van der Waals surface area contributed by atoms with Gasteiger partial charge in [0, 0.05) is 25.5 Å². The number of nitrogens with zero attached hydrogens (tertiary/aromatic N) is 1. The van der Waals surface area contributed by atoms with E-state index in [0.29, 0.717) is 0 Å². The Morgan fingerprint density at radius 1 is 1.62 bits per heavy atom. The number of aromatic amines is 1. The molecule has 0 radical (unpaired) electrons. The summed E-state index contributed by atoms with van der Waals surface area (Å²) in [6.45, 7) is 6.01. The van der Waals surface area contributed by atoms with Gasteiger partial charge in [0.1, 0.15) is 0 Å². The van der Waals surface area contributed by atoms with E-state index in [1.54, 1.807) is 0 Å². The molecule has 0 aromatic carbocycles. The first-order chi connectivity index (χ1) is 6.34. The topological polar surface area (TPSA) is 19.0 Å². The number of hydrogen-bond acceptors (Lipinski definition) is 1. The molecule has 1 saturated heterocycles. The van der Waals surface area contributed by atoms with Crippen molar-refractivity contribution in [1.82, 2.24) is 9.88 Å². The van der Waals surface area contributed by atoms with Crippen LogP contribution in [-0.2, 0) is 6.54 Å². The third-order valence-electron chi connectivity index (χ3n) is 2.81. The molecule has 2 heteroatoms. The molecule has 1 fully saturated rings. The van der Waals surface area contributed by atoms with Crippen LogP contribution in [0.1, 0.15) is 25.3 Å². The van der Waals surface area contributed by atoms with Crippen molar-refractivity contribution in [2.75, 3.05) is 13.1 Å². The monoisotopic (exact) mass is 178 g/mol. The van der Waals surface area contributed by atoms with Crippen LogP contribution in [0.2, 0.25) is 0 Å². The summed E-state index contributed by atoms with van der Waals surface area (Å²) in [6, 6.07) is 2.17. The molecule has 1 N–H and O–H groups in total. The van der Waals surface area contributed by atoms with E-state index in [1.165, 1.54) is 31.5 Å². The van der Waals surface area contributed by atoms with Crippen molar-refractivity contribution in [2.45, 2.75) is 26.3 Å². The highest BCUT2D eigenvalue weighted by atomic mass is 15.1. The molecular weight excluding hydrogens is 160 g/mol. The smallest absolute Gasteiger partial charge is 0.0248 e. The molecule has 1 atom stereocenters. The second-order valence-corrected chi connectivity index (χ2v) is 4.20. The standard InChI is InChI=1S/C11H18N2/c1-10-3-2-6-13(8-10)9-11-4-5-12-7-11/h4-5,7,10,12H,2-3,6,8-9H2,1H3. The minimum atomic E-state index is 0.882. The van der Waals surface area contributed by atoms with E-state index in [9.17, 15) is 0 Å². The van der Waals surface area contributed by atoms with Crippen molar-refractivity contribution in [2.24, 2.45) is 5.92 Å². The maximum absolute atomic E-state index is 3.10. The summed E-state index contributed by atoms with van der Waals surface area (Å²) < 4.78 is 0. The molecule has 0 amide bonds. The van der Waals surface area contributed by atoms with Gasteiger partial charge in [-0.15, -0.1) is 0 Å². The molecule has 0 saturated carbocycles.